The Hall–Kier alpha value is -1.59. The normalized spacial score (nSPS) is 18.9. The van der Waals surface area contributed by atoms with Gasteiger partial charge in [-0.25, -0.2) is 0 Å². The summed E-state index contributed by atoms with van der Waals surface area (Å²) in [5, 5.41) is 2.97. The molecule has 20 heavy (non-hydrogen) atoms. The van der Waals surface area contributed by atoms with Crippen LogP contribution >= 0.6 is 0 Å². The van der Waals surface area contributed by atoms with Crippen molar-refractivity contribution in [2.75, 3.05) is 20.3 Å². The maximum Gasteiger partial charge on any atom is 0.217 e. The number of fused-ring (bicyclic) bond motifs is 1. The number of benzene rings is 1. The van der Waals surface area contributed by atoms with Crippen LogP contribution in [0.2, 0.25) is 0 Å². The van der Waals surface area contributed by atoms with Gasteiger partial charge in [0.1, 0.15) is 5.75 Å². The van der Waals surface area contributed by atoms with E-state index in [1.807, 2.05) is 19.1 Å². The molecule has 0 bridgehead atoms. The van der Waals surface area contributed by atoms with Crippen LogP contribution in [-0.2, 0) is 9.53 Å². The van der Waals surface area contributed by atoms with E-state index in [0.717, 1.165) is 28.9 Å². The van der Waals surface area contributed by atoms with E-state index in [-0.39, 0.29) is 18.0 Å². The number of hydrogen-bond donors (Lipinski definition) is 2. The van der Waals surface area contributed by atoms with E-state index < -0.39 is 0 Å². The maximum absolute atomic E-state index is 11.3. The Kier molecular flexibility index (Phi) is 4.62. The molecule has 1 aromatic rings. The van der Waals surface area contributed by atoms with Crippen molar-refractivity contribution in [1.82, 2.24) is 5.32 Å². The Balaban J connectivity index is 2.37. The van der Waals surface area contributed by atoms with Gasteiger partial charge in [0, 0.05) is 26.0 Å². The van der Waals surface area contributed by atoms with Gasteiger partial charge >= 0.3 is 0 Å². The zero-order valence-corrected chi connectivity index (χ0v) is 12.2. The standard InChI is InChI=1S/C15H22N2O3/c1-9-6-11(13(16)8-19-3)7-12-14(17-10(2)18)4-5-20-15(9)12/h6-7,13-14H,4-5,8,16H2,1-3H3,(H,17,18). The van der Waals surface area contributed by atoms with Gasteiger partial charge in [-0.15, -0.1) is 0 Å². The molecule has 0 radical (unpaired) electrons. The fourth-order valence-corrected chi connectivity index (χ4v) is 2.61. The molecule has 1 heterocycles. The molecule has 110 valence electrons. The first kappa shape index (κ1) is 14.8. The summed E-state index contributed by atoms with van der Waals surface area (Å²) in [6.45, 7) is 4.60. The first-order valence-electron chi connectivity index (χ1n) is 6.81. The van der Waals surface area contributed by atoms with E-state index in [2.05, 4.69) is 5.32 Å². The third kappa shape index (κ3) is 3.11. The van der Waals surface area contributed by atoms with Gasteiger partial charge < -0.3 is 20.5 Å². The van der Waals surface area contributed by atoms with Crippen molar-refractivity contribution in [3.63, 3.8) is 0 Å². The zero-order valence-electron chi connectivity index (χ0n) is 12.2. The van der Waals surface area contributed by atoms with Gasteiger partial charge in [-0.05, 0) is 24.1 Å². The molecule has 5 heteroatoms. The van der Waals surface area contributed by atoms with Gasteiger partial charge in [-0.3, -0.25) is 4.79 Å². The molecule has 1 aliphatic rings. The van der Waals surface area contributed by atoms with Crippen LogP contribution < -0.4 is 15.8 Å². The second kappa shape index (κ2) is 6.24. The van der Waals surface area contributed by atoms with E-state index in [9.17, 15) is 4.79 Å². The lowest BCUT2D eigenvalue weighted by Gasteiger charge is -2.29. The number of methoxy groups -OCH3 is 1. The van der Waals surface area contributed by atoms with Crippen molar-refractivity contribution in [2.45, 2.75) is 32.4 Å². The van der Waals surface area contributed by atoms with Gasteiger partial charge in [0.05, 0.1) is 25.3 Å². The molecule has 0 fully saturated rings. The lowest BCUT2D eigenvalue weighted by molar-refractivity contribution is -0.119. The lowest BCUT2D eigenvalue weighted by atomic mass is 9.93. The van der Waals surface area contributed by atoms with Gasteiger partial charge in [0.2, 0.25) is 5.91 Å². The van der Waals surface area contributed by atoms with Crippen molar-refractivity contribution in [3.8, 4) is 5.75 Å². The molecule has 1 amide bonds. The third-order valence-electron chi connectivity index (χ3n) is 3.51. The van der Waals surface area contributed by atoms with E-state index in [1.165, 1.54) is 6.92 Å². The number of carbonyl (C=O) groups is 1. The van der Waals surface area contributed by atoms with E-state index >= 15 is 0 Å². The summed E-state index contributed by atoms with van der Waals surface area (Å²) >= 11 is 0. The van der Waals surface area contributed by atoms with Crippen LogP contribution in [0.1, 0.15) is 42.1 Å². The van der Waals surface area contributed by atoms with Crippen molar-refractivity contribution < 1.29 is 14.3 Å². The summed E-state index contributed by atoms with van der Waals surface area (Å²) in [5.74, 6) is 0.829. The molecular formula is C15H22N2O3. The largest absolute Gasteiger partial charge is 0.493 e. The molecule has 0 spiro atoms. The summed E-state index contributed by atoms with van der Waals surface area (Å²) in [6, 6.07) is 3.86. The molecule has 0 saturated carbocycles. The van der Waals surface area contributed by atoms with Crippen molar-refractivity contribution >= 4 is 5.91 Å². The fraction of sp³-hybridized carbons (Fsp3) is 0.533. The molecule has 2 unspecified atom stereocenters. The zero-order chi connectivity index (χ0) is 14.7. The number of nitrogens with two attached hydrogens (primary N) is 1. The molecule has 3 N–H and O–H groups in total. The molecule has 0 aromatic heterocycles. The molecule has 1 aliphatic heterocycles. The van der Waals surface area contributed by atoms with Crippen LogP contribution in [0.15, 0.2) is 12.1 Å². The van der Waals surface area contributed by atoms with Crippen molar-refractivity contribution in [2.24, 2.45) is 5.73 Å². The molecule has 5 nitrogen and oxygen atoms in total. The Bertz CT molecular complexity index is 502. The molecule has 2 rings (SSSR count). The first-order chi connectivity index (χ1) is 9.52. The quantitative estimate of drug-likeness (QED) is 0.877. The molecule has 1 aromatic carbocycles. The first-order valence-corrected chi connectivity index (χ1v) is 6.81. The van der Waals surface area contributed by atoms with Crippen LogP contribution in [0.4, 0.5) is 0 Å². The second-order valence-electron chi connectivity index (χ2n) is 5.21. The van der Waals surface area contributed by atoms with E-state index in [0.29, 0.717) is 13.2 Å². The Morgan fingerprint density at radius 1 is 1.60 bits per heavy atom. The Labute approximate surface area is 119 Å². The highest BCUT2D eigenvalue weighted by Crippen LogP contribution is 2.36. The van der Waals surface area contributed by atoms with Gasteiger partial charge in [0.15, 0.2) is 0 Å². The van der Waals surface area contributed by atoms with Crippen LogP contribution in [-0.4, -0.2) is 26.2 Å². The van der Waals surface area contributed by atoms with Crippen molar-refractivity contribution in [3.05, 3.63) is 28.8 Å². The molecule has 2 atom stereocenters. The van der Waals surface area contributed by atoms with Gasteiger partial charge in [0.25, 0.3) is 0 Å². The Morgan fingerprint density at radius 3 is 3.00 bits per heavy atom. The van der Waals surface area contributed by atoms with Crippen LogP contribution in [0.5, 0.6) is 5.75 Å². The smallest absolute Gasteiger partial charge is 0.217 e. The minimum Gasteiger partial charge on any atom is -0.493 e. The third-order valence-corrected chi connectivity index (χ3v) is 3.51. The predicted molar refractivity (Wildman–Crippen MR) is 76.7 cm³/mol. The average Bonchev–Trinajstić information content (AvgIpc) is 2.39. The number of ether oxygens (including phenoxy) is 2. The summed E-state index contributed by atoms with van der Waals surface area (Å²) in [5.41, 5.74) is 9.15. The van der Waals surface area contributed by atoms with Crippen molar-refractivity contribution in [1.29, 1.82) is 0 Å². The monoisotopic (exact) mass is 278 g/mol. The number of nitrogens with one attached hydrogen (secondary N) is 1. The average molecular weight is 278 g/mol. The number of carbonyl (C=O) groups excluding carboxylic acids is 1. The van der Waals surface area contributed by atoms with E-state index in [4.69, 9.17) is 15.2 Å². The number of amides is 1. The fourth-order valence-electron chi connectivity index (χ4n) is 2.61. The van der Waals surface area contributed by atoms with Gasteiger partial charge in [-0.1, -0.05) is 6.07 Å². The summed E-state index contributed by atoms with van der Waals surface area (Å²) < 4.78 is 10.8. The maximum atomic E-state index is 11.3. The summed E-state index contributed by atoms with van der Waals surface area (Å²) in [4.78, 5) is 11.3. The number of hydrogen-bond acceptors (Lipinski definition) is 4. The lowest BCUT2D eigenvalue weighted by Crippen LogP contribution is -2.31. The summed E-state index contributed by atoms with van der Waals surface area (Å²) in [7, 11) is 1.63. The minimum atomic E-state index is -0.177. The highest BCUT2D eigenvalue weighted by Gasteiger charge is 2.25. The van der Waals surface area contributed by atoms with Crippen LogP contribution in [0.3, 0.4) is 0 Å². The SMILES string of the molecule is COCC(N)c1cc(C)c2c(c1)C(NC(C)=O)CCO2. The Morgan fingerprint density at radius 2 is 2.35 bits per heavy atom. The molecule has 0 saturated heterocycles. The second-order valence-corrected chi connectivity index (χ2v) is 5.21. The highest BCUT2D eigenvalue weighted by atomic mass is 16.5. The van der Waals surface area contributed by atoms with Crippen LogP contribution in [0, 0.1) is 6.92 Å². The molecule has 0 aliphatic carbocycles. The summed E-state index contributed by atoms with van der Waals surface area (Å²) in [6.07, 6.45) is 0.773. The van der Waals surface area contributed by atoms with E-state index in [1.54, 1.807) is 7.11 Å². The number of rotatable bonds is 4. The number of aryl methyl sites for hydroxylation is 1. The molecular weight excluding hydrogens is 256 g/mol. The topological polar surface area (TPSA) is 73.6 Å². The highest BCUT2D eigenvalue weighted by molar-refractivity contribution is 5.73. The van der Waals surface area contributed by atoms with Gasteiger partial charge in [-0.2, -0.15) is 0 Å². The predicted octanol–water partition coefficient (Wildman–Crippen LogP) is 1.60. The van der Waals surface area contributed by atoms with Crippen LogP contribution in [0.25, 0.3) is 0 Å². The minimum absolute atomic E-state index is 0.00959.